The summed E-state index contributed by atoms with van der Waals surface area (Å²) in [4.78, 5) is 21.1. The van der Waals surface area contributed by atoms with Crippen LogP contribution in [0.15, 0.2) is 23.1 Å². The molecule has 0 saturated carbocycles. The smallest absolute Gasteiger partial charge is 0.306 e. The van der Waals surface area contributed by atoms with Gasteiger partial charge in [0.05, 0.1) is 24.5 Å². The van der Waals surface area contributed by atoms with Gasteiger partial charge in [0.2, 0.25) is 0 Å². The van der Waals surface area contributed by atoms with E-state index in [1.165, 1.54) is 19.2 Å². The number of ether oxygens (including phenoxy) is 1. The maximum absolute atomic E-state index is 13.5. The number of carbonyl (C=O) groups excluding carboxylic acids is 1. The lowest BCUT2D eigenvalue weighted by molar-refractivity contribution is -0.385. The Morgan fingerprint density at radius 2 is 2.28 bits per heavy atom. The third-order valence-corrected chi connectivity index (χ3v) is 3.29. The van der Waals surface area contributed by atoms with Crippen LogP contribution in [0.2, 0.25) is 0 Å². The second-order valence-electron chi connectivity index (χ2n) is 3.58. The minimum atomic E-state index is -0.661. The first-order valence-corrected chi connectivity index (χ1v) is 5.99. The number of methoxy groups -OCH3 is 1. The number of carbonyl (C=O) groups is 1. The maximum atomic E-state index is 13.5. The third-order valence-electron chi connectivity index (χ3n) is 2.14. The Morgan fingerprint density at radius 3 is 2.78 bits per heavy atom. The monoisotopic (exact) mass is 273 g/mol. The van der Waals surface area contributed by atoms with Crippen LogP contribution < -0.4 is 0 Å². The Labute approximate surface area is 107 Å². The highest BCUT2D eigenvalue weighted by atomic mass is 32.2. The number of nitro groups is 1. The van der Waals surface area contributed by atoms with E-state index < -0.39 is 10.7 Å². The summed E-state index contributed by atoms with van der Waals surface area (Å²) < 4.78 is 18.1. The fourth-order valence-electron chi connectivity index (χ4n) is 1.28. The van der Waals surface area contributed by atoms with E-state index in [0.717, 1.165) is 17.8 Å². The lowest BCUT2D eigenvalue weighted by Crippen LogP contribution is -2.08. The van der Waals surface area contributed by atoms with Crippen LogP contribution in [0.5, 0.6) is 0 Å². The number of halogens is 1. The Kier molecular flexibility index (Phi) is 5.08. The van der Waals surface area contributed by atoms with Crippen molar-refractivity contribution in [2.75, 3.05) is 7.11 Å². The van der Waals surface area contributed by atoms with Gasteiger partial charge in [-0.15, -0.1) is 11.8 Å². The second kappa shape index (κ2) is 6.34. The van der Waals surface area contributed by atoms with Crippen molar-refractivity contribution in [2.45, 2.75) is 23.5 Å². The molecule has 0 N–H and O–H groups in total. The van der Waals surface area contributed by atoms with Gasteiger partial charge >= 0.3 is 5.97 Å². The van der Waals surface area contributed by atoms with E-state index in [0.29, 0.717) is 0 Å². The average molecular weight is 273 g/mol. The molecule has 0 bridgehead atoms. The summed E-state index contributed by atoms with van der Waals surface area (Å²) in [5, 5.41) is 10.3. The van der Waals surface area contributed by atoms with E-state index in [1.807, 2.05) is 0 Å². The molecule has 1 rings (SSSR count). The van der Waals surface area contributed by atoms with E-state index in [9.17, 15) is 19.3 Å². The third kappa shape index (κ3) is 3.99. The van der Waals surface area contributed by atoms with E-state index in [-0.39, 0.29) is 28.2 Å². The molecular weight excluding hydrogens is 261 g/mol. The lowest BCUT2D eigenvalue weighted by Gasteiger charge is -2.10. The molecule has 7 heteroatoms. The number of benzene rings is 1. The van der Waals surface area contributed by atoms with Gasteiger partial charge in [-0.2, -0.15) is 0 Å². The van der Waals surface area contributed by atoms with Crippen molar-refractivity contribution in [2.24, 2.45) is 0 Å². The van der Waals surface area contributed by atoms with Gasteiger partial charge in [0.1, 0.15) is 5.82 Å². The molecule has 1 unspecified atom stereocenters. The molecular formula is C11H12FNO4S. The maximum Gasteiger partial charge on any atom is 0.306 e. The van der Waals surface area contributed by atoms with Crippen LogP contribution in [-0.2, 0) is 9.53 Å². The molecule has 1 aromatic rings. The summed E-state index contributed by atoms with van der Waals surface area (Å²) in [6.45, 7) is 1.75. The van der Waals surface area contributed by atoms with Gasteiger partial charge in [-0.1, -0.05) is 6.92 Å². The zero-order valence-electron chi connectivity index (χ0n) is 9.88. The Morgan fingerprint density at radius 1 is 1.61 bits per heavy atom. The van der Waals surface area contributed by atoms with Crippen molar-refractivity contribution in [1.82, 2.24) is 0 Å². The van der Waals surface area contributed by atoms with Crippen LogP contribution in [0.25, 0.3) is 0 Å². The average Bonchev–Trinajstić information content (AvgIpc) is 2.31. The quantitative estimate of drug-likeness (QED) is 0.357. The first kappa shape index (κ1) is 14.4. The van der Waals surface area contributed by atoms with Crippen LogP contribution >= 0.6 is 11.8 Å². The standard InChI is InChI=1S/C11H12FNO4S/c1-7(5-11(14)17-2)18-10-4-3-8(13(15)16)6-9(10)12/h3-4,6-7H,5H2,1-2H3. The number of rotatable bonds is 5. The number of nitro benzene ring substituents is 1. The molecule has 98 valence electrons. The van der Waals surface area contributed by atoms with Crippen molar-refractivity contribution in [3.05, 3.63) is 34.1 Å². The normalized spacial score (nSPS) is 11.9. The van der Waals surface area contributed by atoms with Gasteiger partial charge in [-0.25, -0.2) is 4.39 Å². The fraction of sp³-hybridized carbons (Fsp3) is 0.364. The van der Waals surface area contributed by atoms with E-state index >= 15 is 0 Å². The fourth-order valence-corrected chi connectivity index (χ4v) is 2.25. The zero-order chi connectivity index (χ0) is 13.7. The molecule has 0 aliphatic rings. The first-order chi connectivity index (χ1) is 8.43. The van der Waals surface area contributed by atoms with E-state index in [1.54, 1.807) is 6.92 Å². The van der Waals surface area contributed by atoms with Gasteiger partial charge in [0, 0.05) is 16.2 Å². The number of hydrogen-bond donors (Lipinski definition) is 0. The SMILES string of the molecule is COC(=O)CC(C)Sc1ccc([N+](=O)[O-])cc1F. The minimum absolute atomic E-state index is 0.150. The molecule has 1 aromatic carbocycles. The number of esters is 1. The van der Waals surface area contributed by atoms with Gasteiger partial charge in [-0.05, 0) is 6.07 Å². The number of non-ortho nitro benzene ring substituents is 1. The van der Waals surface area contributed by atoms with Crippen molar-refractivity contribution >= 4 is 23.4 Å². The van der Waals surface area contributed by atoms with Crippen LogP contribution in [0.1, 0.15) is 13.3 Å². The molecule has 0 saturated heterocycles. The van der Waals surface area contributed by atoms with Gasteiger partial charge < -0.3 is 4.74 Å². The Hall–Kier alpha value is -1.63. The first-order valence-electron chi connectivity index (χ1n) is 5.11. The molecule has 5 nitrogen and oxygen atoms in total. The Bertz CT molecular complexity index is 466. The van der Waals surface area contributed by atoms with Crippen molar-refractivity contribution in [3.63, 3.8) is 0 Å². The van der Waals surface area contributed by atoms with E-state index in [2.05, 4.69) is 4.74 Å². The molecule has 0 spiro atoms. The van der Waals surface area contributed by atoms with Gasteiger partial charge in [-0.3, -0.25) is 14.9 Å². The van der Waals surface area contributed by atoms with Gasteiger partial charge in [0.25, 0.3) is 5.69 Å². The second-order valence-corrected chi connectivity index (χ2v) is 5.06. The Balaban J connectivity index is 2.73. The molecule has 0 aliphatic heterocycles. The largest absolute Gasteiger partial charge is 0.469 e. The molecule has 0 heterocycles. The highest BCUT2D eigenvalue weighted by Gasteiger charge is 2.15. The zero-order valence-corrected chi connectivity index (χ0v) is 10.7. The molecule has 0 aromatic heterocycles. The summed E-state index contributed by atoms with van der Waals surface area (Å²) in [5.74, 6) is -1.04. The molecule has 18 heavy (non-hydrogen) atoms. The van der Waals surface area contributed by atoms with E-state index in [4.69, 9.17) is 0 Å². The topological polar surface area (TPSA) is 69.4 Å². The van der Waals surface area contributed by atoms with Crippen LogP contribution in [0.4, 0.5) is 10.1 Å². The number of thioether (sulfide) groups is 1. The summed E-state index contributed by atoms with van der Waals surface area (Å²) in [6, 6.07) is 3.44. The van der Waals surface area contributed by atoms with Crippen LogP contribution in [0, 0.1) is 15.9 Å². The number of nitrogens with zero attached hydrogens (tertiary/aromatic N) is 1. The summed E-state index contributed by atoms with van der Waals surface area (Å²) in [5.41, 5.74) is -0.294. The van der Waals surface area contributed by atoms with Crippen molar-refractivity contribution in [1.29, 1.82) is 0 Å². The lowest BCUT2D eigenvalue weighted by atomic mass is 10.3. The highest BCUT2D eigenvalue weighted by molar-refractivity contribution is 8.00. The predicted molar refractivity (Wildman–Crippen MR) is 65.0 cm³/mol. The molecule has 0 amide bonds. The van der Waals surface area contributed by atoms with Crippen LogP contribution in [0.3, 0.4) is 0 Å². The summed E-state index contributed by atoms with van der Waals surface area (Å²) in [6.07, 6.45) is 0.150. The van der Waals surface area contributed by atoms with Gasteiger partial charge in [0.15, 0.2) is 0 Å². The highest BCUT2D eigenvalue weighted by Crippen LogP contribution is 2.29. The number of hydrogen-bond acceptors (Lipinski definition) is 5. The van der Waals surface area contributed by atoms with Crippen molar-refractivity contribution in [3.8, 4) is 0 Å². The minimum Gasteiger partial charge on any atom is -0.469 e. The molecule has 0 fully saturated rings. The molecule has 1 atom stereocenters. The summed E-state index contributed by atoms with van der Waals surface area (Å²) >= 11 is 1.14. The predicted octanol–water partition coefficient (Wildman–Crippen LogP) is 2.78. The van der Waals surface area contributed by atoms with Crippen molar-refractivity contribution < 1.29 is 18.8 Å². The van der Waals surface area contributed by atoms with Crippen LogP contribution in [-0.4, -0.2) is 23.3 Å². The molecule has 0 radical (unpaired) electrons. The molecule has 0 aliphatic carbocycles. The summed E-state index contributed by atoms with van der Waals surface area (Å²) in [7, 11) is 1.28.